The summed E-state index contributed by atoms with van der Waals surface area (Å²) >= 11 is 13.7. The molecule has 1 fully saturated rings. The maximum atomic E-state index is 13.9. The van der Waals surface area contributed by atoms with E-state index in [1.165, 1.54) is 27.8 Å². The van der Waals surface area contributed by atoms with E-state index in [-0.39, 0.29) is 36.4 Å². The van der Waals surface area contributed by atoms with Crippen LogP contribution in [0.3, 0.4) is 0 Å². The third-order valence-corrected chi connectivity index (χ3v) is 10.2. The van der Waals surface area contributed by atoms with Gasteiger partial charge in [-0.2, -0.15) is 4.31 Å². The van der Waals surface area contributed by atoms with Crippen LogP contribution < -0.4 is 4.90 Å². The van der Waals surface area contributed by atoms with Crippen molar-refractivity contribution in [1.82, 2.24) is 14.3 Å². The fourth-order valence-corrected chi connectivity index (χ4v) is 7.34. The van der Waals surface area contributed by atoms with Gasteiger partial charge in [-0.05, 0) is 67.8 Å². The SMILES string of the molecule is Cc1ccc(Cl)c2sc(N(Cc3ccccn3)C(=O)C3CCN(S(=O)(=O)c4ccc(Cl)cc4)CC3)nc12. The lowest BCUT2D eigenvalue weighted by atomic mass is 9.96. The molecule has 0 aliphatic carbocycles. The van der Waals surface area contributed by atoms with E-state index in [1.54, 1.807) is 23.2 Å². The Labute approximate surface area is 229 Å². The molecule has 0 radical (unpaired) electrons. The zero-order chi connectivity index (χ0) is 26.2. The van der Waals surface area contributed by atoms with E-state index in [1.807, 2.05) is 37.3 Å². The van der Waals surface area contributed by atoms with Crippen LogP contribution in [0.25, 0.3) is 10.2 Å². The number of aryl methyl sites for hydroxylation is 1. The van der Waals surface area contributed by atoms with E-state index in [0.717, 1.165) is 21.5 Å². The number of piperidine rings is 1. The van der Waals surface area contributed by atoms with Crippen molar-refractivity contribution in [3.8, 4) is 0 Å². The predicted octanol–water partition coefficient (Wildman–Crippen LogP) is 5.94. The molecule has 0 unspecified atom stereocenters. The molecule has 192 valence electrons. The number of thiazole rings is 1. The van der Waals surface area contributed by atoms with Crippen LogP contribution in [-0.2, 0) is 21.4 Å². The molecular formula is C26H24Cl2N4O3S2. The normalized spacial score (nSPS) is 15.2. The highest BCUT2D eigenvalue weighted by Gasteiger charge is 2.35. The fraction of sp³-hybridized carbons (Fsp3) is 0.269. The zero-order valence-corrected chi connectivity index (χ0v) is 23.1. The number of carbonyl (C=O) groups excluding carboxylic acids is 1. The van der Waals surface area contributed by atoms with E-state index in [4.69, 9.17) is 28.2 Å². The van der Waals surface area contributed by atoms with Gasteiger partial charge in [0, 0.05) is 30.2 Å². The lowest BCUT2D eigenvalue weighted by Gasteiger charge is -2.33. The largest absolute Gasteiger partial charge is 0.282 e. The van der Waals surface area contributed by atoms with Gasteiger partial charge in [-0.1, -0.05) is 46.7 Å². The Morgan fingerprint density at radius 3 is 2.46 bits per heavy atom. The van der Waals surface area contributed by atoms with Gasteiger partial charge >= 0.3 is 0 Å². The monoisotopic (exact) mass is 574 g/mol. The summed E-state index contributed by atoms with van der Waals surface area (Å²) in [5.74, 6) is -0.439. The van der Waals surface area contributed by atoms with Gasteiger partial charge < -0.3 is 0 Å². The molecule has 2 aromatic heterocycles. The van der Waals surface area contributed by atoms with Gasteiger partial charge in [0.25, 0.3) is 0 Å². The quantitative estimate of drug-likeness (QED) is 0.284. The van der Waals surface area contributed by atoms with E-state index < -0.39 is 10.0 Å². The Morgan fingerprint density at radius 2 is 1.81 bits per heavy atom. The standard InChI is InChI=1S/C26H24Cl2N4O3S2/c1-17-5-10-22(28)24-23(17)30-26(36-24)32(16-20-4-2-3-13-29-20)25(33)18-11-14-31(15-12-18)37(34,35)21-8-6-19(27)7-9-21/h2-10,13,18H,11-12,14-16H2,1H3. The first-order chi connectivity index (χ1) is 17.7. The van der Waals surface area contributed by atoms with Gasteiger partial charge in [0.2, 0.25) is 15.9 Å². The Morgan fingerprint density at radius 1 is 1.08 bits per heavy atom. The summed E-state index contributed by atoms with van der Waals surface area (Å²) in [5, 5.41) is 1.62. The molecule has 7 nitrogen and oxygen atoms in total. The first-order valence-electron chi connectivity index (χ1n) is 11.8. The van der Waals surface area contributed by atoms with Crippen molar-refractivity contribution >= 4 is 65.8 Å². The fourth-order valence-electron chi connectivity index (χ4n) is 4.42. The van der Waals surface area contributed by atoms with Gasteiger partial charge in [0.05, 0.1) is 32.4 Å². The van der Waals surface area contributed by atoms with Crippen molar-refractivity contribution < 1.29 is 13.2 Å². The number of rotatable bonds is 6. The van der Waals surface area contributed by atoms with Crippen molar-refractivity contribution in [2.45, 2.75) is 31.2 Å². The molecule has 11 heteroatoms. The van der Waals surface area contributed by atoms with E-state index >= 15 is 0 Å². The highest BCUT2D eigenvalue weighted by Crippen LogP contribution is 2.37. The second-order valence-electron chi connectivity index (χ2n) is 8.92. The molecule has 0 bridgehead atoms. The van der Waals surface area contributed by atoms with Crippen molar-refractivity contribution in [2.24, 2.45) is 5.92 Å². The summed E-state index contributed by atoms with van der Waals surface area (Å²) in [5.41, 5.74) is 2.49. The Balaban J connectivity index is 1.39. The lowest BCUT2D eigenvalue weighted by Crippen LogP contribution is -2.44. The number of nitrogens with zero attached hydrogens (tertiary/aromatic N) is 4. The molecule has 1 saturated heterocycles. The number of amides is 1. The molecule has 1 aliphatic rings. The van der Waals surface area contributed by atoms with Crippen LogP contribution in [0.4, 0.5) is 5.13 Å². The van der Waals surface area contributed by atoms with Crippen LogP contribution in [0, 0.1) is 12.8 Å². The first-order valence-corrected chi connectivity index (χ1v) is 14.8. The van der Waals surface area contributed by atoms with Crippen LogP contribution in [0.2, 0.25) is 10.0 Å². The number of halogens is 2. The zero-order valence-electron chi connectivity index (χ0n) is 20.0. The highest BCUT2D eigenvalue weighted by molar-refractivity contribution is 7.89. The number of sulfonamides is 1. The smallest absolute Gasteiger partial charge is 0.243 e. The average molecular weight is 576 g/mol. The summed E-state index contributed by atoms with van der Waals surface area (Å²) < 4.78 is 28.5. The minimum Gasteiger partial charge on any atom is -0.282 e. The van der Waals surface area contributed by atoms with Gasteiger partial charge in [-0.25, -0.2) is 13.4 Å². The molecule has 0 N–H and O–H groups in total. The Kier molecular flexibility index (Phi) is 7.51. The molecule has 0 atom stereocenters. The molecule has 5 rings (SSSR count). The lowest BCUT2D eigenvalue weighted by molar-refractivity contribution is -0.123. The number of hydrogen-bond acceptors (Lipinski definition) is 6. The number of fused-ring (bicyclic) bond motifs is 1. The number of carbonyl (C=O) groups is 1. The molecule has 2 aromatic carbocycles. The highest BCUT2D eigenvalue weighted by atomic mass is 35.5. The van der Waals surface area contributed by atoms with Crippen LogP contribution in [0.5, 0.6) is 0 Å². The van der Waals surface area contributed by atoms with Gasteiger partial charge in [0.1, 0.15) is 0 Å². The Hall–Kier alpha value is -2.56. The molecule has 4 aromatic rings. The third-order valence-electron chi connectivity index (χ3n) is 6.48. The number of aromatic nitrogens is 2. The molecule has 0 saturated carbocycles. The van der Waals surface area contributed by atoms with Crippen LogP contribution in [0.1, 0.15) is 24.1 Å². The second kappa shape index (κ2) is 10.7. The second-order valence-corrected chi connectivity index (χ2v) is 12.7. The summed E-state index contributed by atoms with van der Waals surface area (Å²) in [6.07, 6.45) is 2.52. The summed E-state index contributed by atoms with van der Waals surface area (Å²) in [6.45, 7) is 2.73. The number of anilines is 1. The average Bonchev–Trinajstić information content (AvgIpc) is 3.37. The van der Waals surface area contributed by atoms with Crippen molar-refractivity contribution in [3.05, 3.63) is 82.1 Å². The van der Waals surface area contributed by atoms with Crippen molar-refractivity contribution in [2.75, 3.05) is 18.0 Å². The number of pyridine rings is 1. The molecule has 0 spiro atoms. The summed E-state index contributed by atoms with van der Waals surface area (Å²) in [7, 11) is -3.66. The van der Waals surface area contributed by atoms with Crippen LogP contribution >= 0.6 is 34.5 Å². The van der Waals surface area contributed by atoms with Gasteiger partial charge in [-0.15, -0.1) is 0 Å². The molecule has 37 heavy (non-hydrogen) atoms. The van der Waals surface area contributed by atoms with E-state index in [9.17, 15) is 13.2 Å². The topological polar surface area (TPSA) is 83.5 Å². The van der Waals surface area contributed by atoms with Gasteiger partial charge in [-0.3, -0.25) is 14.7 Å². The van der Waals surface area contributed by atoms with Gasteiger partial charge in [0.15, 0.2) is 5.13 Å². The molecule has 1 amide bonds. The predicted molar refractivity (Wildman–Crippen MR) is 148 cm³/mol. The van der Waals surface area contributed by atoms with Crippen molar-refractivity contribution in [1.29, 1.82) is 0 Å². The van der Waals surface area contributed by atoms with E-state index in [0.29, 0.717) is 28.0 Å². The molecule has 3 heterocycles. The molecule has 1 aliphatic heterocycles. The van der Waals surface area contributed by atoms with Crippen LogP contribution in [-0.4, -0.2) is 41.7 Å². The maximum absolute atomic E-state index is 13.9. The van der Waals surface area contributed by atoms with E-state index in [2.05, 4.69) is 4.98 Å². The van der Waals surface area contributed by atoms with Crippen molar-refractivity contribution in [3.63, 3.8) is 0 Å². The Bertz CT molecular complexity index is 1500. The number of hydrogen-bond donors (Lipinski definition) is 0. The van der Waals surface area contributed by atoms with Crippen LogP contribution in [0.15, 0.2) is 65.7 Å². The number of benzene rings is 2. The third kappa shape index (κ3) is 5.37. The minimum absolute atomic E-state index is 0.0953. The summed E-state index contributed by atoms with van der Waals surface area (Å²) in [6, 6.07) is 15.5. The summed E-state index contributed by atoms with van der Waals surface area (Å²) in [4.78, 5) is 24.9. The maximum Gasteiger partial charge on any atom is 0.243 e. The molecular weight excluding hydrogens is 551 g/mol. The minimum atomic E-state index is -3.66. The first kappa shape index (κ1) is 26.1.